The van der Waals surface area contributed by atoms with Gasteiger partial charge in [-0.1, -0.05) is 0 Å². The molecule has 2 heterocycles. The number of ether oxygens (including phenoxy) is 2. The fraction of sp³-hybridized carbons (Fsp3) is 0.538. The van der Waals surface area contributed by atoms with Gasteiger partial charge in [-0.15, -0.1) is 0 Å². The van der Waals surface area contributed by atoms with Crippen molar-refractivity contribution in [3.63, 3.8) is 0 Å². The van der Waals surface area contributed by atoms with Crippen LogP contribution in [-0.2, 0) is 9.53 Å². The number of carbonyl (C=O) groups excluding carboxylic acids is 1. The van der Waals surface area contributed by atoms with E-state index in [9.17, 15) is 4.79 Å². The van der Waals surface area contributed by atoms with Gasteiger partial charge in [0.2, 0.25) is 11.8 Å². The molecule has 6 nitrogen and oxygen atoms in total. The number of carbonyl (C=O) groups is 1. The van der Waals surface area contributed by atoms with Gasteiger partial charge in [-0.3, -0.25) is 4.79 Å². The van der Waals surface area contributed by atoms with Crippen LogP contribution in [0.1, 0.15) is 13.3 Å². The first-order chi connectivity index (χ1) is 9.28. The lowest BCUT2D eigenvalue weighted by atomic mass is 10.2. The largest absolute Gasteiger partial charge is 0.478 e. The van der Waals surface area contributed by atoms with Crippen LogP contribution in [0.5, 0.6) is 5.88 Å². The van der Waals surface area contributed by atoms with Crippen LogP contribution in [0, 0.1) is 0 Å². The fourth-order valence-corrected chi connectivity index (χ4v) is 1.86. The van der Waals surface area contributed by atoms with Gasteiger partial charge in [0.25, 0.3) is 0 Å². The third kappa shape index (κ3) is 4.50. The summed E-state index contributed by atoms with van der Waals surface area (Å²) in [6.45, 7) is 4.69. The zero-order valence-corrected chi connectivity index (χ0v) is 11.0. The summed E-state index contributed by atoms with van der Waals surface area (Å²) in [7, 11) is 0. The van der Waals surface area contributed by atoms with Crippen LogP contribution in [0.25, 0.3) is 0 Å². The molecule has 104 valence electrons. The Labute approximate surface area is 112 Å². The van der Waals surface area contributed by atoms with Gasteiger partial charge in [0, 0.05) is 19.2 Å². The molecule has 2 rings (SSSR count). The monoisotopic (exact) mass is 265 g/mol. The number of hydrogen-bond donors (Lipinski definition) is 2. The van der Waals surface area contributed by atoms with Crippen molar-refractivity contribution < 1.29 is 14.3 Å². The van der Waals surface area contributed by atoms with Gasteiger partial charge in [-0.25, -0.2) is 4.98 Å². The zero-order valence-electron chi connectivity index (χ0n) is 11.0. The Bertz CT molecular complexity index is 402. The SMILES string of the molecule is CCOc1ccc(NC(=O)CC2CNCCO2)cn1. The van der Waals surface area contributed by atoms with Crippen LogP contribution in [0.3, 0.4) is 0 Å². The Kier molecular flexibility index (Phi) is 5.11. The predicted molar refractivity (Wildman–Crippen MR) is 71.3 cm³/mol. The third-order valence-corrected chi connectivity index (χ3v) is 2.73. The highest BCUT2D eigenvalue weighted by Gasteiger charge is 2.17. The summed E-state index contributed by atoms with van der Waals surface area (Å²) in [5.74, 6) is 0.486. The Morgan fingerprint density at radius 3 is 3.16 bits per heavy atom. The molecule has 2 N–H and O–H groups in total. The number of amides is 1. The highest BCUT2D eigenvalue weighted by atomic mass is 16.5. The molecule has 6 heteroatoms. The maximum absolute atomic E-state index is 11.8. The van der Waals surface area contributed by atoms with Crippen molar-refractivity contribution in [1.29, 1.82) is 0 Å². The molecule has 1 atom stereocenters. The van der Waals surface area contributed by atoms with Crippen molar-refractivity contribution in [3.8, 4) is 5.88 Å². The van der Waals surface area contributed by atoms with Crippen LogP contribution in [-0.4, -0.2) is 43.3 Å². The molecule has 1 aliphatic heterocycles. The standard InChI is InChI=1S/C13H19N3O3/c1-2-18-13-4-3-10(8-15-13)16-12(17)7-11-9-14-5-6-19-11/h3-4,8,11,14H,2,5-7,9H2,1H3,(H,16,17). The van der Waals surface area contributed by atoms with E-state index in [0.29, 0.717) is 31.2 Å². The summed E-state index contributed by atoms with van der Waals surface area (Å²) < 4.78 is 10.7. The van der Waals surface area contributed by atoms with Crippen LogP contribution in [0.2, 0.25) is 0 Å². The molecule has 0 aromatic carbocycles. The van der Waals surface area contributed by atoms with Gasteiger partial charge in [0.1, 0.15) is 0 Å². The molecular formula is C13H19N3O3. The molecule has 1 saturated heterocycles. The molecular weight excluding hydrogens is 246 g/mol. The van der Waals surface area contributed by atoms with Crippen LogP contribution in [0.15, 0.2) is 18.3 Å². The number of anilines is 1. The van der Waals surface area contributed by atoms with E-state index in [4.69, 9.17) is 9.47 Å². The smallest absolute Gasteiger partial charge is 0.227 e. The van der Waals surface area contributed by atoms with E-state index in [1.54, 1.807) is 18.3 Å². The Morgan fingerprint density at radius 2 is 2.53 bits per heavy atom. The second-order valence-electron chi connectivity index (χ2n) is 4.27. The van der Waals surface area contributed by atoms with Gasteiger partial charge >= 0.3 is 0 Å². The molecule has 1 aromatic rings. The Balaban J connectivity index is 1.80. The van der Waals surface area contributed by atoms with Gasteiger partial charge in [0.15, 0.2) is 0 Å². The Hall–Kier alpha value is -1.66. The van der Waals surface area contributed by atoms with E-state index in [-0.39, 0.29) is 12.0 Å². The van der Waals surface area contributed by atoms with E-state index in [1.807, 2.05) is 6.92 Å². The average Bonchev–Trinajstić information content (AvgIpc) is 2.42. The first-order valence-corrected chi connectivity index (χ1v) is 6.49. The summed E-state index contributed by atoms with van der Waals surface area (Å²) in [4.78, 5) is 15.9. The molecule has 0 aliphatic carbocycles. The van der Waals surface area contributed by atoms with E-state index < -0.39 is 0 Å². The van der Waals surface area contributed by atoms with Gasteiger partial charge in [0.05, 0.1) is 37.6 Å². The summed E-state index contributed by atoms with van der Waals surface area (Å²) >= 11 is 0. The minimum Gasteiger partial charge on any atom is -0.478 e. The number of aromatic nitrogens is 1. The van der Waals surface area contributed by atoms with Crippen molar-refractivity contribution in [2.75, 3.05) is 31.6 Å². The van der Waals surface area contributed by atoms with Crippen LogP contribution >= 0.6 is 0 Å². The molecule has 0 bridgehead atoms. The minimum atomic E-state index is -0.0698. The topological polar surface area (TPSA) is 72.5 Å². The number of morpholine rings is 1. The molecule has 19 heavy (non-hydrogen) atoms. The number of nitrogens with one attached hydrogen (secondary N) is 2. The first-order valence-electron chi connectivity index (χ1n) is 6.49. The van der Waals surface area contributed by atoms with Crippen molar-refractivity contribution in [2.45, 2.75) is 19.4 Å². The number of hydrogen-bond acceptors (Lipinski definition) is 5. The maximum Gasteiger partial charge on any atom is 0.227 e. The molecule has 1 unspecified atom stereocenters. The van der Waals surface area contributed by atoms with Gasteiger partial charge in [-0.2, -0.15) is 0 Å². The lowest BCUT2D eigenvalue weighted by Gasteiger charge is -2.23. The Morgan fingerprint density at radius 1 is 1.63 bits per heavy atom. The highest BCUT2D eigenvalue weighted by molar-refractivity contribution is 5.90. The van der Waals surface area contributed by atoms with Gasteiger partial charge in [-0.05, 0) is 13.0 Å². The normalized spacial score (nSPS) is 18.9. The highest BCUT2D eigenvalue weighted by Crippen LogP contribution is 2.12. The summed E-state index contributed by atoms with van der Waals surface area (Å²) in [6.07, 6.45) is 1.88. The third-order valence-electron chi connectivity index (χ3n) is 2.73. The first kappa shape index (κ1) is 13.8. The molecule has 1 amide bonds. The van der Waals surface area contributed by atoms with Crippen molar-refractivity contribution in [3.05, 3.63) is 18.3 Å². The average molecular weight is 265 g/mol. The molecule has 0 saturated carbocycles. The fourth-order valence-electron chi connectivity index (χ4n) is 1.86. The van der Waals surface area contributed by atoms with Crippen LogP contribution in [0.4, 0.5) is 5.69 Å². The predicted octanol–water partition coefficient (Wildman–Crippen LogP) is 0.797. The van der Waals surface area contributed by atoms with E-state index in [2.05, 4.69) is 15.6 Å². The molecule has 0 spiro atoms. The lowest BCUT2D eigenvalue weighted by Crippen LogP contribution is -2.40. The molecule has 0 radical (unpaired) electrons. The van der Waals surface area contributed by atoms with E-state index >= 15 is 0 Å². The number of pyridine rings is 1. The van der Waals surface area contributed by atoms with Crippen molar-refractivity contribution in [2.24, 2.45) is 0 Å². The lowest BCUT2D eigenvalue weighted by molar-refractivity contribution is -0.119. The van der Waals surface area contributed by atoms with Gasteiger partial charge < -0.3 is 20.1 Å². The molecule has 1 aromatic heterocycles. The van der Waals surface area contributed by atoms with E-state index in [0.717, 1.165) is 13.1 Å². The van der Waals surface area contributed by atoms with Crippen molar-refractivity contribution in [1.82, 2.24) is 10.3 Å². The van der Waals surface area contributed by atoms with E-state index in [1.165, 1.54) is 0 Å². The number of nitrogens with zero attached hydrogens (tertiary/aromatic N) is 1. The summed E-state index contributed by atoms with van der Waals surface area (Å²) in [5, 5.41) is 5.99. The summed E-state index contributed by atoms with van der Waals surface area (Å²) in [6, 6.07) is 3.51. The summed E-state index contributed by atoms with van der Waals surface area (Å²) in [5.41, 5.74) is 0.664. The number of rotatable bonds is 5. The quantitative estimate of drug-likeness (QED) is 0.824. The zero-order chi connectivity index (χ0) is 13.5. The van der Waals surface area contributed by atoms with Crippen molar-refractivity contribution >= 4 is 11.6 Å². The second kappa shape index (κ2) is 7.06. The molecule has 1 fully saturated rings. The minimum absolute atomic E-state index is 0.0515. The second-order valence-corrected chi connectivity index (χ2v) is 4.27. The van der Waals surface area contributed by atoms with Crippen LogP contribution < -0.4 is 15.4 Å². The maximum atomic E-state index is 11.8. The molecule has 1 aliphatic rings.